The Bertz CT molecular complexity index is 614. The van der Waals surface area contributed by atoms with Crippen LogP contribution in [0.4, 0.5) is 0 Å². The molecular formula is C15H18N4O3. The zero-order chi connectivity index (χ0) is 15.7. The molecule has 2 amide bonds. The Hall–Kier alpha value is -2.54. The minimum Gasteiger partial charge on any atom is -0.497 e. The molecule has 7 heteroatoms. The first-order chi connectivity index (χ1) is 10.6. The van der Waals surface area contributed by atoms with Crippen molar-refractivity contribution < 1.29 is 14.3 Å². The number of hydrazine groups is 1. The molecule has 1 fully saturated rings. The Morgan fingerprint density at radius 3 is 2.73 bits per heavy atom. The molecule has 0 aliphatic carbocycles. The van der Waals surface area contributed by atoms with E-state index < -0.39 is 5.91 Å². The number of nitrogens with zero attached hydrogens (tertiary/aromatic N) is 2. The van der Waals surface area contributed by atoms with Crippen molar-refractivity contribution in [2.75, 3.05) is 13.7 Å². The van der Waals surface area contributed by atoms with Crippen molar-refractivity contribution in [1.82, 2.24) is 15.3 Å². The van der Waals surface area contributed by atoms with Gasteiger partial charge < -0.3 is 20.4 Å². The number of benzene rings is 1. The van der Waals surface area contributed by atoms with Crippen LogP contribution in [-0.2, 0) is 9.59 Å². The average molecular weight is 302 g/mol. The maximum Gasteiger partial charge on any atom is 0.251 e. The van der Waals surface area contributed by atoms with E-state index in [9.17, 15) is 9.59 Å². The molecule has 22 heavy (non-hydrogen) atoms. The SMILES string of the molecule is COc1ccc(C2CC3C(=O)N(CC(N)=O)C=CN3N2)cc1. The third kappa shape index (κ3) is 2.62. The summed E-state index contributed by atoms with van der Waals surface area (Å²) in [5.74, 6) is 0.150. The number of nitrogens with one attached hydrogen (secondary N) is 1. The van der Waals surface area contributed by atoms with Gasteiger partial charge in [0.2, 0.25) is 5.91 Å². The number of primary amides is 1. The third-order valence-corrected chi connectivity index (χ3v) is 3.92. The quantitative estimate of drug-likeness (QED) is 0.824. The second-order valence-electron chi connectivity index (χ2n) is 5.34. The van der Waals surface area contributed by atoms with E-state index in [0.29, 0.717) is 6.42 Å². The van der Waals surface area contributed by atoms with Crippen molar-refractivity contribution in [1.29, 1.82) is 0 Å². The number of hydrogen-bond donors (Lipinski definition) is 2. The maximum absolute atomic E-state index is 12.4. The van der Waals surface area contributed by atoms with Crippen molar-refractivity contribution in [2.24, 2.45) is 5.73 Å². The summed E-state index contributed by atoms with van der Waals surface area (Å²) in [6.45, 7) is -0.0904. The van der Waals surface area contributed by atoms with Crippen LogP contribution in [0.1, 0.15) is 18.0 Å². The first-order valence-electron chi connectivity index (χ1n) is 7.04. The van der Waals surface area contributed by atoms with E-state index in [1.807, 2.05) is 24.3 Å². The standard InChI is InChI=1S/C15H18N4O3/c1-22-11-4-2-10(3-5-11)12-8-13-15(21)18(9-14(16)20)6-7-19(13)17-12/h2-7,12-13,17H,8-9H2,1H3,(H2,16,20). The monoisotopic (exact) mass is 302 g/mol. The first kappa shape index (κ1) is 14.4. The molecule has 2 unspecified atom stereocenters. The predicted molar refractivity (Wildman–Crippen MR) is 79.2 cm³/mol. The lowest BCUT2D eigenvalue weighted by Gasteiger charge is -2.31. The topological polar surface area (TPSA) is 87.9 Å². The highest BCUT2D eigenvalue weighted by atomic mass is 16.5. The predicted octanol–water partition coefficient (Wildman–Crippen LogP) is 0.114. The first-order valence-corrected chi connectivity index (χ1v) is 7.04. The smallest absolute Gasteiger partial charge is 0.251 e. The van der Waals surface area contributed by atoms with Crippen molar-refractivity contribution in [3.63, 3.8) is 0 Å². The van der Waals surface area contributed by atoms with Crippen LogP contribution >= 0.6 is 0 Å². The summed E-state index contributed by atoms with van der Waals surface area (Å²) < 4.78 is 5.15. The van der Waals surface area contributed by atoms with E-state index in [2.05, 4.69) is 5.43 Å². The Balaban J connectivity index is 1.73. The van der Waals surface area contributed by atoms with Gasteiger partial charge in [0.25, 0.3) is 5.91 Å². The van der Waals surface area contributed by atoms with Gasteiger partial charge in [-0.3, -0.25) is 9.59 Å². The molecule has 1 saturated heterocycles. The molecule has 1 aromatic carbocycles. The van der Waals surface area contributed by atoms with Crippen molar-refractivity contribution in [2.45, 2.75) is 18.5 Å². The van der Waals surface area contributed by atoms with Crippen molar-refractivity contribution in [3.8, 4) is 5.75 Å². The van der Waals surface area contributed by atoms with Gasteiger partial charge in [-0.2, -0.15) is 0 Å². The molecule has 2 heterocycles. The Labute approximate surface area is 128 Å². The van der Waals surface area contributed by atoms with E-state index in [1.165, 1.54) is 4.90 Å². The minimum atomic E-state index is -0.524. The molecule has 0 spiro atoms. The zero-order valence-corrected chi connectivity index (χ0v) is 12.2. The summed E-state index contributed by atoms with van der Waals surface area (Å²) in [6, 6.07) is 7.46. The summed E-state index contributed by atoms with van der Waals surface area (Å²) >= 11 is 0. The number of amides is 2. The molecular weight excluding hydrogens is 284 g/mol. The van der Waals surface area contributed by atoms with E-state index in [0.717, 1.165) is 11.3 Å². The summed E-state index contributed by atoms with van der Waals surface area (Å²) in [5.41, 5.74) is 9.53. The molecule has 2 aliphatic rings. The van der Waals surface area contributed by atoms with E-state index >= 15 is 0 Å². The lowest BCUT2D eigenvalue weighted by molar-refractivity contribution is -0.137. The van der Waals surface area contributed by atoms with Gasteiger partial charge in [-0.05, 0) is 24.1 Å². The normalized spacial score (nSPS) is 23.6. The molecule has 116 valence electrons. The molecule has 3 rings (SSSR count). The van der Waals surface area contributed by atoms with Gasteiger partial charge in [-0.25, -0.2) is 5.43 Å². The number of nitrogens with two attached hydrogens (primary N) is 1. The maximum atomic E-state index is 12.4. The number of carbonyl (C=O) groups excluding carboxylic acids is 2. The van der Waals surface area contributed by atoms with Crippen LogP contribution in [0.5, 0.6) is 5.75 Å². The van der Waals surface area contributed by atoms with E-state index in [1.54, 1.807) is 24.5 Å². The Morgan fingerprint density at radius 1 is 1.36 bits per heavy atom. The fraction of sp³-hybridized carbons (Fsp3) is 0.333. The molecule has 2 atom stereocenters. The van der Waals surface area contributed by atoms with Gasteiger partial charge in [-0.1, -0.05) is 12.1 Å². The highest BCUT2D eigenvalue weighted by Gasteiger charge is 2.40. The number of rotatable bonds is 4. The molecule has 3 N–H and O–H groups in total. The van der Waals surface area contributed by atoms with Crippen LogP contribution in [0.15, 0.2) is 36.7 Å². The summed E-state index contributed by atoms with van der Waals surface area (Å²) in [6.07, 6.45) is 3.97. The lowest BCUT2D eigenvalue weighted by Crippen LogP contribution is -2.49. The van der Waals surface area contributed by atoms with E-state index in [4.69, 9.17) is 10.5 Å². The number of fused-ring (bicyclic) bond motifs is 1. The van der Waals surface area contributed by atoms with Crippen LogP contribution in [0.2, 0.25) is 0 Å². The number of methoxy groups -OCH3 is 1. The zero-order valence-electron chi connectivity index (χ0n) is 12.2. The van der Waals surface area contributed by atoms with Gasteiger partial charge in [0, 0.05) is 12.4 Å². The van der Waals surface area contributed by atoms with Crippen LogP contribution in [0.25, 0.3) is 0 Å². The number of ether oxygens (including phenoxy) is 1. The van der Waals surface area contributed by atoms with Gasteiger partial charge in [0.1, 0.15) is 18.3 Å². The largest absolute Gasteiger partial charge is 0.497 e. The van der Waals surface area contributed by atoms with Crippen LogP contribution in [0, 0.1) is 0 Å². The second-order valence-corrected chi connectivity index (χ2v) is 5.34. The van der Waals surface area contributed by atoms with Crippen molar-refractivity contribution >= 4 is 11.8 Å². The molecule has 0 aromatic heterocycles. The fourth-order valence-electron chi connectivity index (χ4n) is 2.79. The van der Waals surface area contributed by atoms with Crippen LogP contribution < -0.4 is 15.9 Å². The van der Waals surface area contributed by atoms with Gasteiger partial charge in [0.15, 0.2) is 0 Å². The highest BCUT2D eigenvalue weighted by Crippen LogP contribution is 2.31. The highest BCUT2D eigenvalue weighted by molar-refractivity contribution is 5.88. The Morgan fingerprint density at radius 2 is 2.09 bits per heavy atom. The molecule has 0 bridgehead atoms. The number of hydrogen-bond acceptors (Lipinski definition) is 5. The molecule has 2 aliphatic heterocycles. The number of carbonyl (C=O) groups is 2. The fourth-order valence-corrected chi connectivity index (χ4v) is 2.79. The molecule has 7 nitrogen and oxygen atoms in total. The second kappa shape index (κ2) is 5.69. The minimum absolute atomic E-state index is 0.0398. The van der Waals surface area contributed by atoms with Crippen LogP contribution in [0.3, 0.4) is 0 Å². The van der Waals surface area contributed by atoms with Crippen LogP contribution in [-0.4, -0.2) is 41.4 Å². The third-order valence-electron chi connectivity index (χ3n) is 3.92. The molecule has 1 aromatic rings. The summed E-state index contributed by atoms with van der Waals surface area (Å²) in [4.78, 5) is 24.8. The van der Waals surface area contributed by atoms with Crippen molar-refractivity contribution in [3.05, 3.63) is 42.2 Å². The molecule has 0 radical (unpaired) electrons. The lowest BCUT2D eigenvalue weighted by atomic mass is 10.0. The van der Waals surface area contributed by atoms with E-state index in [-0.39, 0.29) is 24.5 Å². The Kier molecular flexibility index (Phi) is 3.72. The van der Waals surface area contributed by atoms with Gasteiger partial charge in [-0.15, -0.1) is 0 Å². The average Bonchev–Trinajstić information content (AvgIpc) is 2.95. The summed E-state index contributed by atoms with van der Waals surface area (Å²) in [5, 5.41) is 1.79. The van der Waals surface area contributed by atoms with Gasteiger partial charge in [0.05, 0.1) is 13.2 Å². The molecule has 0 saturated carbocycles. The van der Waals surface area contributed by atoms with Gasteiger partial charge >= 0.3 is 0 Å². The summed E-state index contributed by atoms with van der Waals surface area (Å²) in [7, 11) is 1.62.